The molecule has 0 fully saturated rings. The van der Waals surface area contributed by atoms with Gasteiger partial charge in [-0.3, -0.25) is 4.79 Å². The highest BCUT2D eigenvalue weighted by molar-refractivity contribution is 7.08. The Bertz CT molecular complexity index is 695. The minimum atomic E-state index is -0.826. The lowest BCUT2D eigenvalue weighted by Crippen LogP contribution is -2.37. The minimum Gasteiger partial charge on any atom is -0.449 e. The van der Waals surface area contributed by atoms with Gasteiger partial charge in [-0.25, -0.2) is 4.79 Å². The Morgan fingerprint density at radius 2 is 2.00 bits per heavy atom. The van der Waals surface area contributed by atoms with Crippen molar-refractivity contribution >= 4 is 29.3 Å². The molecule has 4 nitrogen and oxygen atoms in total. The maximum Gasteiger partial charge on any atom is 0.331 e. The quantitative estimate of drug-likeness (QED) is 0.574. The Kier molecular flexibility index (Phi) is 7.41. The molecule has 1 aromatic carbocycles. The first-order valence-corrected chi connectivity index (χ1v) is 9.28. The summed E-state index contributed by atoms with van der Waals surface area (Å²) in [7, 11) is 0. The molecule has 0 aliphatic heterocycles. The standard InChI is InChI=1S/C20H23NO3S/c1-3-17(18-7-5-4-6-8-18)13-21-20(23)15(2)24-19(22)10-9-16-11-12-25-14-16/h4-12,14-15,17H,3,13H2,1-2H3,(H,21,23)/b10-9+/t15-,17-/m0/s1. The zero-order valence-corrected chi connectivity index (χ0v) is 15.3. The third-order valence-corrected chi connectivity index (χ3v) is 4.61. The summed E-state index contributed by atoms with van der Waals surface area (Å²) >= 11 is 1.55. The molecular weight excluding hydrogens is 334 g/mol. The van der Waals surface area contributed by atoms with Crippen LogP contribution in [0.2, 0.25) is 0 Å². The molecule has 1 amide bonds. The second-order valence-electron chi connectivity index (χ2n) is 5.73. The molecule has 0 radical (unpaired) electrons. The largest absolute Gasteiger partial charge is 0.449 e. The van der Waals surface area contributed by atoms with Crippen molar-refractivity contribution in [2.75, 3.05) is 6.54 Å². The Balaban J connectivity index is 1.80. The zero-order chi connectivity index (χ0) is 18.1. The van der Waals surface area contributed by atoms with Crippen LogP contribution in [0.1, 0.15) is 37.3 Å². The minimum absolute atomic E-state index is 0.242. The van der Waals surface area contributed by atoms with Gasteiger partial charge in [0.1, 0.15) is 0 Å². The van der Waals surface area contributed by atoms with E-state index >= 15 is 0 Å². The van der Waals surface area contributed by atoms with Crippen LogP contribution in [0.3, 0.4) is 0 Å². The average Bonchev–Trinajstić information content (AvgIpc) is 3.14. The van der Waals surface area contributed by atoms with E-state index in [1.807, 2.05) is 35.0 Å². The Labute approximate surface area is 152 Å². The number of ether oxygens (including phenoxy) is 1. The fraction of sp³-hybridized carbons (Fsp3) is 0.300. The van der Waals surface area contributed by atoms with Crippen molar-refractivity contribution < 1.29 is 14.3 Å². The summed E-state index contributed by atoms with van der Waals surface area (Å²) in [6.07, 6.45) is 3.10. The lowest BCUT2D eigenvalue weighted by molar-refractivity contribution is -0.150. The second-order valence-corrected chi connectivity index (χ2v) is 6.51. The molecule has 25 heavy (non-hydrogen) atoms. The highest BCUT2D eigenvalue weighted by atomic mass is 32.1. The predicted octanol–water partition coefficient (Wildman–Crippen LogP) is 4.00. The van der Waals surface area contributed by atoms with E-state index in [4.69, 9.17) is 4.74 Å². The molecule has 0 spiro atoms. The average molecular weight is 357 g/mol. The van der Waals surface area contributed by atoms with Gasteiger partial charge >= 0.3 is 5.97 Å². The Morgan fingerprint density at radius 1 is 1.24 bits per heavy atom. The molecule has 0 unspecified atom stereocenters. The number of hydrogen-bond donors (Lipinski definition) is 1. The van der Waals surface area contributed by atoms with E-state index in [0.29, 0.717) is 6.54 Å². The van der Waals surface area contributed by atoms with Gasteiger partial charge in [0.05, 0.1) is 0 Å². The second kappa shape index (κ2) is 9.79. The Morgan fingerprint density at radius 3 is 2.64 bits per heavy atom. The first-order chi connectivity index (χ1) is 12.1. The number of esters is 1. The van der Waals surface area contributed by atoms with Gasteiger partial charge in [0, 0.05) is 18.5 Å². The first kappa shape index (κ1) is 18.9. The van der Waals surface area contributed by atoms with E-state index in [2.05, 4.69) is 24.4 Å². The Hall–Kier alpha value is -2.40. The van der Waals surface area contributed by atoms with E-state index in [-0.39, 0.29) is 11.8 Å². The normalized spacial score (nSPS) is 13.4. The summed E-state index contributed by atoms with van der Waals surface area (Å²) in [4.78, 5) is 23.9. The fourth-order valence-electron chi connectivity index (χ4n) is 2.39. The monoisotopic (exact) mass is 357 g/mol. The molecule has 2 rings (SSSR count). The van der Waals surface area contributed by atoms with Crippen molar-refractivity contribution in [2.45, 2.75) is 32.3 Å². The topological polar surface area (TPSA) is 55.4 Å². The van der Waals surface area contributed by atoms with Gasteiger partial charge in [0.15, 0.2) is 6.10 Å². The van der Waals surface area contributed by atoms with Crippen LogP contribution in [0.15, 0.2) is 53.2 Å². The van der Waals surface area contributed by atoms with Crippen molar-refractivity contribution in [1.82, 2.24) is 5.32 Å². The number of carbonyl (C=O) groups excluding carboxylic acids is 2. The molecule has 2 atom stereocenters. The van der Waals surface area contributed by atoms with Crippen LogP contribution in [0.25, 0.3) is 6.08 Å². The van der Waals surface area contributed by atoms with Crippen LogP contribution in [0, 0.1) is 0 Å². The van der Waals surface area contributed by atoms with Crippen molar-refractivity contribution in [3.05, 3.63) is 64.4 Å². The van der Waals surface area contributed by atoms with Crippen molar-refractivity contribution in [1.29, 1.82) is 0 Å². The van der Waals surface area contributed by atoms with Gasteiger partial charge in [-0.05, 0) is 47.4 Å². The van der Waals surface area contributed by atoms with Crippen molar-refractivity contribution in [3.63, 3.8) is 0 Å². The van der Waals surface area contributed by atoms with Crippen LogP contribution in [0.5, 0.6) is 0 Å². The number of amides is 1. The fourth-order valence-corrected chi connectivity index (χ4v) is 3.02. The molecule has 0 bridgehead atoms. The van der Waals surface area contributed by atoms with Crippen molar-refractivity contribution in [2.24, 2.45) is 0 Å². The zero-order valence-electron chi connectivity index (χ0n) is 14.5. The molecule has 0 saturated heterocycles. The molecule has 1 heterocycles. The maximum absolute atomic E-state index is 12.2. The smallest absolute Gasteiger partial charge is 0.331 e. The predicted molar refractivity (Wildman–Crippen MR) is 101 cm³/mol. The summed E-state index contributed by atoms with van der Waals surface area (Å²) in [5.74, 6) is -0.567. The van der Waals surface area contributed by atoms with E-state index in [0.717, 1.165) is 12.0 Å². The lowest BCUT2D eigenvalue weighted by Gasteiger charge is -2.18. The lowest BCUT2D eigenvalue weighted by atomic mass is 9.96. The van der Waals surface area contributed by atoms with Crippen LogP contribution >= 0.6 is 11.3 Å². The highest BCUT2D eigenvalue weighted by Crippen LogP contribution is 2.18. The number of carbonyl (C=O) groups is 2. The number of hydrogen-bond acceptors (Lipinski definition) is 4. The molecule has 0 aliphatic rings. The molecule has 0 saturated carbocycles. The van der Waals surface area contributed by atoms with Gasteiger partial charge in [-0.1, -0.05) is 37.3 Å². The molecular formula is C20H23NO3S. The molecule has 132 valence electrons. The highest BCUT2D eigenvalue weighted by Gasteiger charge is 2.18. The number of rotatable bonds is 8. The number of benzene rings is 1. The van der Waals surface area contributed by atoms with Crippen LogP contribution in [-0.2, 0) is 14.3 Å². The van der Waals surface area contributed by atoms with Gasteiger partial charge < -0.3 is 10.1 Å². The third kappa shape index (κ3) is 6.19. The summed E-state index contributed by atoms with van der Waals surface area (Å²) in [6.45, 7) is 4.18. The van der Waals surface area contributed by atoms with Gasteiger partial charge in [-0.15, -0.1) is 0 Å². The molecule has 1 aromatic heterocycles. The van der Waals surface area contributed by atoms with Crippen LogP contribution in [0.4, 0.5) is 0 Å². The van der Waals surface area contributed by atoms with Crippen LogP contribution < -0.4 is 5.32 Å². The molecule has 2 aromatic rings. The van der Waals surface area contributed by atoms with E-state index in [9.17, 15) is 9.59 Å². The van der Waals surface area contributed by atoms with Gasteiger partial charge in [0.2, 0.25) is 0 Å². The SMILES string of the molecule is CC[C@@H](CNC(=O)[C@H](C)OC(=O)/C=C/c1ccsc1)c1ccccc1. The van der Waals surface area contributed by atoms with Crippen LogP contribution in [-0.4, -0.2) is 24.5 Å². The molecule has 0 aliphatic carbocycles. The molecule has 1 N–H and O–H groups in total. The number of thiophene rings is 1. The first-order valence-electron chi connectivity index (χ1n) is 8.33. The summed E-state index contributed by atoms with van der Waals surface area (Å²) in [5, 5.41) is 6.72. The summed E-state index contributed by atoms with van der Waals surface area (Å²) < 4.78 is 5.15. The van der Waals surface area contributed by atoms with E-state index in [1.165, 1.54) is 11.6 Å². The van der Waals surface area contributed by atoms with E-state index < -0.39 is 12.1 Å². The summed E-state index contributed by atoms with van der Waals surface area (Å²) in [5.41, 5.74) is 2.13. The molecule has 5 heteroatoms. The summed E-state index contributed by atoms with van der Waals surface area (Å²) in [6, 6.07) is 12.0. The van der Waals surface area contributed by atoms with E-state index in [1.54, 1.807) is 24.3 Å². The number of nitrogens with one attached hydrogen (secondary N) is 1. The van der Waals surface area contributed by atoms with Gasteiger partial charge in [0.25, 0.3) is 5.91 Å². The maximum atomic E-state index is 12.2. The third-order valence-electron chi connectivity index (χ3n) is 3.90. The van der Waals surface area contributed by atoms with Crippen molar-refractivity contribution in [3.8, 4) is 0 Å². The van der Waals surface area contributed by atoms with Gasteiger partial charge in [-0.2, -0.15) is 11.3 Å².